The lowest BCUT2D eigenvalue weighted by molar-refractivity contribution is -0.130. The van der Waals surface area contributed by atoms with Gasteiger partial charge in [0.25, 0.3) is 5.91 Å². The van der Waals surface area contributed by atoms with Gasteiger partial charge in [0.1, 0.15) is 0 Å². The molecule has 1 aliphatic rings. The normalized spacial score (nSPS) is 15.0. The van der Waals surface area contributed by atoms with Crippen LogP contribution in [0.15, 0.2) is 29.3 Å². The van der Waals surface area contributed by atoms with E-state index in [1.165, 1.54) is 0 Å². The molecular formula is C19H29N5O2. The third-order valence-electron chi connectivity index (χ3n) is 4.44. The first-order valence-corrected chi connectivity index (χ1v) is 9.15. The standard InChI is InChI=1S/C19H29N5O2/c1-4-21-19(24-12-10-23(11-13-24)15(2)25)22-9-8-16-6-5-7-17(14-16)18(26)20-3/h5-7,14H,4,8-13H2,1-3H3,(H,20,26)(H,21,22). The maximum atomic E-state index is 11.7. The highest BCUT2D eigenvalue weighted by Gasteiger charge is 2.20. The van der Waals surface area contributed by atoms with Gasteiger partial charge in [-0.3, -0.25) is 14.6 Å². The van der Waals surface area contributed by atoms with E-state index in [1.54, 1.807) is 14.0 Å². The topological polar surface area (TPSA) is 77.0 Å². The summed E-state index contributed by atoms with van der Waals surface area (Å²) in [5.74, 6) is 0.938. The van der Waals surface area contributed by atoms with Crippen LogP contribution in [0.4, 0.5) is 0 Å². The van der Waals surface area contributed by atoms with Crippen molar-refractivity contribution >= 4 is 17.8 Å². The summed E-state index contributed by atoms with van der Waals surface area (Å²) in [5.41, 5.74) is 1.76. The SMILES string of the molecule is CCNC(=NCCc1cccc(C(=O)NC)c1)N1CCN(C(C)=O)CC1. The molecule has 2 rings (SSSR count). The quantitative estimate of drug-likeness (QED) is 0.600. The van der Waals surface area contributed by atoms with E-state index >= 15 is 0 Å². The van der Waals surface area contributed by atoms with Crippen LogP contribution in [-0.2, 0) is 11.2 Å². The van der Waals surface area contributed by atoms with Crippen molar-refractivity contribution in [1.29, 1.82) is 0 Å². The second-order valence-corrected chi connectivity index (χ2v) is 6.26. The van der Waals surface area contributed by atoms with Gasteiger partial charge < -0.3 is 20.4 Å². The number of hydrogen-bond acceptors (Lipinski definition) is 3. The van der Waals surface area contributed by atoms with Crippen molar-refractivity contribution in [3.05, 3.63) is 35.4 Å². The Morgan fingerprint density at radius 3 is 2.46 bits per heavy atom. The number of benzene rings is 1. The molecule has 7 nitrogen and oxygen atoms in total. The number of carbonyl (C=O) groups is 2. The Kier molecular flexibility index (Phi) is 7.44. The van der Waals surface area contributed by atoms with E-state index in [2.05, 4.69) is 15.5 Å². The molecule has 2 amide bonds. The van der Waals surface area contributed by atoms with Gasteiger partial charge in [0.2, 0.25) is 5.91 Å². The molecule has 0 bridgehead atoms. The molecule has 1 aromatic carbocycles. The Morgan fingerprint density at radius 1 is 1.15 bits per heavy atom. The maximum Gasteiger partial charge on any atom is 0.251 e. The van der Waals surface area contributed by atoms with Crippen LogP contribution in [0.2, 0.25) is 0 Å². The molecule has 0 atom stereocenters. The monoisotopic (exact) mass is 359 g/mol. The second kappa shape index (κ2) is 9.79. The van der Waals surface area contributed by atoms with Crippen LogP contribution in [0.1, 0.15) is 29.8 Å². The van der Waals surface area contributed by atoms with Gasteiger partial charge in [-0.2, -0.15) is 0 Å². The smallest absolute Gasteiger partial charge is 0.251 e. The van der Waals surface area contributed by atoms with Gasteiger partial charge in [0.05, 0.1) is 0 Å². The molecule has 1 fully saturated rings. The van der Waals surface area contributed by atoms with E-state index in [-0.39, 0.29) is 11.8 Å². The molecule has 1 aliphatic heterocycles. The number of guanidine groups is 1. The second-order valence-electron chi connectivity index (χ2n) is 6.26. The Morgan fingerprint density at radius 2 is 1.85 bits per heavy atom. The molecular weight excluding hydrogens is 330 g/mol. The maximum absolute atomic E-state index is 11.7. The number of amides is 2. The van der Waals surface area contributed by atoms with Crippen LogP contribution < -0.4 is 10.6 Å². The average Bonchev–Trinajstić information content (AvgIpc) is 2.67. The minimum Gasteiger partial charge on any atom is -0.357 e. The summed E-state index contributed by atoms with van der Waals surface area (Å²) in [5, 5.41) is 5.97. The number of hydrogen-bond donors (Lipinski definition) is 2. The largest absolute Gasteiger partial charge is 0.357 e. The number of nitrogens with zero attached hydrogens (tertiary/aromatic N) is 3. The zero-order valence-electron chi connectivity index (χ0n) is 15.9. The van der Waals surface area contributed by atoms with Crippen LogP contribution in [-0.4, -0.2) is 73.9 Å². The van der Waals surface area contributed by atoms with Gasteiger partial charge in [-0.15, -0.1) is 0 Å². The minimum absolute atomic E-state index is 0.0768. The molecule has 2 N–H and O–H groups in total. The molecule has 26 heavy (non-hydrogen) atoms. The van der Waals surface area contributed by atoms with Crippen molar-refractivity contribution in [2.75, 3.05) is 46.3 Å². The third-order valence-corrected chi connectivity index (χ3v) is 4.44. The summed E-state index contributed by atoms with van der Waals surface area (Å²) in [7, 11) is 1.63. The summed E-state index contributed by atoms with van der Waals surface area (Å²) in [6, 6.07) is 7.63. The first kappa shape index (κ1) is 19.8. The summed E-state index contributed by atoms with van der Waals surface area (Å²) in [6.45, 7) is 8.15. The van der Waals surface area contributed by atoms with E-state index in [4.69, 9.17) is 4.99 Å². The van der Waals surface area contributed by atoms with Crippen molar-refractivity contribution in [1.82, 2.24) is 20.4 Å². The van der Waals surface area contributed by atoms with Crippen molar-refractivity contribution in [3.8, 4) is 0 Å². The summed E-state index contributed by atoms with van der Waals surface area (Å²) in [4.78, 5) is 32.0. The molecule has 0 unspecified atom stereocenters. The highest BCUT2D eigenvalue weighted by Crippen LogP contribution is 2.07. The predicted octanol–water partition coefficient (Wildman–Crippen LogP) is 0.718. The molecule has 0 spiro atoms. The van der Waals surface area contributed by atoms with E-state index in [9.17, 15) is 9.59 Å². The molecule has 0 radical (unpaired) electrons. The summed E-state index contributed by atoms with van der Waals surface area (Å²) in [6.07, 6.45) is 0.771. The van der Waals surface area contributed by atoms with Crippen molar-refractivity contribution < 1.29 is 9.59 Å². The molecule has 0 saturated carbocycles. The van der Waals surface area contributed by atoms with Gasteiger partial charge in [-0.05, 0) is 31.0 Å². The molecule has 7 heteroatoms. The molecule has 1 heterocycles. The van der Waals surface area contributed by atoms with Crippen LogP contribution >= 0.6 is 0 Å². The van der Waals surface area contributed by atoms with Gasteiger partial charge in [0.15, 0.2) is 5.96 Å². The van der Waals surface area contributed by atoms with Crippen molar-refractivity contribution in [2.24, 2.45) is 4.99 Å². The molecule has 0 aliphatic carbocycles. The number of rotatable bonds is 5. The number of nitrogens with one attached hydrogen (secondary N) is 2. The molecule has 142 valence electrons. The zero-order chi connectivity index (χ0) is 18.9. The van der Waals surface area contributed by atoms with Gasteiger partial charge in [-0.1, -0.05) is 12.1 Å². The van der Waals surface area contributed by atoms with E-state index in [0.717, 1.165) is 50.7 Å². The van der Waals surface area contributed by atoms with Gasteiger partial charge >= 0.3 is 0 Å². The fourth-order valence-corrected chi connectivity index (χ4v) is 2.96. The highest BCUT2D eigenvalue weighted by atomic mass is 16.2. The van der Waals surface area contributed by atoms with E-state index in [0.29, 0.717) is 12.1 Å². The first-order chi connectivity index (χ1) is 12.5. The van der Waals surface area contributed by atoms with Gasteiger partial charge in [-0.25, -0.2) is 0 Å². The van der Waals surface area contributed by atoms with Crippen LogP contribution in [0.25, 0.3) is 0 Å². The van der Waals surface area contributed by atoms with Crippen LogP contribution in [0.3, 0.4) is 0 Å². The summed E-state index contributed by atoms with van der Waals surface area (Å²) < 4.78 is 0. The lowest BCUT2D eigenvalue weighted by Gasteiger charge is -2.36. The third kappa shape index (κ3) is 5.47. The molecule has 1 aromatic rings. The Bertz CT molecular complexity index is 651. The Hall–Kier alpha value is -2.57. The molecule has 1 saturated heterocycles. The number of aliphatic imine (C=N–C) groups is 1. The number of piperazine rings is 1. The summed E-state index contributed by atoms with van der Waals surface area (Å²) >= 11 is 0. The fourth-order valence-electron chi connectivity index (χ4n) is 2.96. The lowest BCUT2D eigenvalue weighted by atomic mass is 10.1. The average molecular weight is 359 g/mol. The van der Waals surface area contributed by atoms with Crippen LogP contribution in [0.5, 0.6) is 0 Å². The number of carbonyl (C=O) groups excluding carboxylic acids is 2. The lowest BCUT2D eigenvalue weighted by Crippen LogP contribution is -2.53. The minimum atomic E-state index is -0.0768. The van der Waals surface area contributed by atoms with Crippen molar-refractivity contribution in [3.63, 3.8) is 0 Å². The zero-order valence-corrected chi connectivity index (χ0v) is 15.9. The van der Waals surface area contributed by atoms with Crippen LogP contribution in [0, 0.1) is 0 Å². The highest BCUT2D eigenvalue weighted by molar-refractivity contribution is 5.94. The van der Waals surface area contributed by atoms with Gasteiger partial charge in [0, 0.05) is 58.8 Å². The molecule has 0 aromatic heterocycles. The Balaban J connectivity index is 1.95. The predicted molar refractivity (Wildman–Crippen MR) is 103 cm³/mol. The first-order valence-electron chi connectivity index (χ1n) is 9.15. The fraction of sp³-hybridized carbons (Fsp3) is 0.526. The van der Waals surface area contributed by atoms with E-state index in [1.807, 2.05) is 36.1 Å². The van der Waals surface area contributed by atoms with Crippen molar-refractivity contribution in [2.45, 2.75) is 20.3 Å². The van der Waals surface area contributed by atoms with E-state index < -0.39 is 0 Å². The Labute approximate surface area is 155 Å².